The molecule has 542 valence electrons. The van der Waals surface area contributed by atoms with Gasteiger partial charge in [-0.2, -0.15) is 0 Å². The summed E-state index contributed by atoms with van der Waals surface area (Å²) in [6.07, 6.45) is 50.8. The summed E-state index contributed by atoms with van der Waals surface area (Å²) in [6, 6.07) is 0. The second-order valence-corrected chi connectivity index (χ2v) is 27.7. The number of esters is 6. The molecule has 0 aromatic carbocycles. The minimum atomic E-state index is -0.945. The van der Waals surface area contributed by atoms with E-state index in [9.17, 15) is 33.9 Å². The van der Waals surface area contributed by atoms with Gasteiger partial charge in [-0.05, 0) is 77.3 Å². The number of aliphatic hydroxyl groups excluding tert-OH is 1. The molecule has 0 spiro atoms. The van der Waals surface area contributed by atoms with Crippen molar-refractivity contribution in [2.24, 2.45) is 10.8 Å². The summed E-state index contributed by atoms with van der Waals surface area (Å²) in [4.78, 5) is 82.8. The first kappa shape index (κ1) is 88.7. The Kier molecular flexibility index (Phi) is 64.0. The standard InChI is InChI=1S/C78H147NO13/c1-7-13-19-25-31-37-43-53-71(81)87-65-77(66-88-72(82)54-44-38-32-26-20-14-8-2,67-89-73(83)55-45-39-33-27-21-15-9-3)59-49-51-61-79(63-64-80)62-52-50-60-78(68-90-74(84)56-46-40-34-28-22-16-10-4,69-91-75(85)57-47-41-35-29-23-17-11-5)70-92-76(86)58-48-42-36-30-24-18-12-6/h80H,7-70H2,1-6H3. The molecule has 0 atom stereocenters. The van der Waals surface area contributed by atoms with E-state index >= 15 is 0 Å². The van der Waals surface area contributed by atoms with Gasteiger partial charge in [-0.25, -0.2) is 0 Å². The van der Waals surface area contributed by atoms with E-state index in [4.69, 9.17) is 28.4 Å². The molecule has 1 N–H and O–H groups in total. The number of rotatable bonds is 72. The Bertz CT molecular complexity index is 1420. The molecule has 14 nitrogen and oxygen atoms in total. The summed E-state index contributed by atoms with van der Waals surface area (Å²) in [6.45, 7) is 14.8. The van der Waals surface area contributed by atoms with Crippen LogP contribution in [0.5, 0.6) is 0 Å². The van der Waals surface area contributed by atoms with Gasteiger partial charge in [0.25, 0.3) is 0 Å². The Balaban J connectivity index is 6.57. The highest BCUT2D eigenvalue weighted by molar-refractivity contribution is 5.71. The molecule has 0 heterocycles. The number of carbonyl (C=O) groups excluding carboxylic acids is 6. The molecule has 0 saturated carbocycles. The van der Waals surface area contributed by atoms with Gasteiger partial charge < -0.3 is 38.4 Å². The quantitative estimate of drug-likeness (QED) is 0.0345. The number of nitrogens with zero attached hydrogens (tertiary/aromatic N) is 1. The highest BCUT2D eigenvalue weighted by Crippen LogP contribution is 2.31. The van der Waals surface area contributed by atoms with Crippen LogP contribution in [0, 0.1) is 10.8 Å². The van der Waals surface area contributed by atoms with Gasteiger partial charge in [0.15, 0.2) is 0 Å². The van der Waals surface area contributed by atoms with Crippen LogP contribution < -0.4 is 0 Å². The first-order valence-electron chi connectivity index (χ1n) is 39.1. The van der Waals surface area contributed by atoms with E-state index in [1.165, 1.54) is 116 Å². The Morgan fingerprint density at radius 2 is 0.413 bits per heavy atom. The molecule has 0 aromatic heterocycles. The van der Waals surface area contributed by atoms with Crippen LogP contribution in [0.1, 0.15) is 388 Å². The lowest BCUT2D eigenvalue weighted by Gasteiger charge is -2.33. The van der Waals surface area contributed by atoms with Crippen LogP contribution in [0.2, 0.25) is 0 Å². The van der Waals surface area contributed by atoms with Crippen molar-refractivity contribution >= 4 is 35.8 Å². The Morgan fingerprint density at radius 1 is 0.239 bits per heavy atom. The molecule has 0 fully saturated rings. The zero-order valence-corrected chi connectivity index (χ0v) is 61.0. The topological polar surface area (TPSA) is 181 Å². The van der Waals surface area contributed by atoms with Crippen molar-refractivity contribution in [2.75, 3.05) is 65.9 Å². The molecule has 0 aliphatic heterocycles. The Hall–Kier alpha value is -3.26. The SMILES string of the molecule is CCCCCCCCCC(=O)OCC(CCCCN(CCO)CCCCC(COC(=O)CCCCCCCCC)(COC(=O)CCCCCCCCC)COC(=O)CCCCCCCCC)(COC(=O)CCCCCCCCC)COC(=O)CCCCCCCCC. The van der Waals surface area contributed by atoms with E-state index in [2.05, 4.69) is 46.4 Å². The van der Waals surface area contributed by atoms with Crippen molar-refractivity contribution in [1.29, 1.82) is 0 Å². The number of hydrogen-bond donors (Lipinski definition) is 1. The van der Waals surface area contributed by atoms with Crippen LogP contribution in [-0.4, -0.2) is 112 Å². The van der Waals surface area contributed by atoms with E-state index in [1.54, 1.807) is 0 Å². The summed E-state index contributed by atoms with van der Waals surface area (Å²) in [5.74, 6) is -1.78. The first-order valence-corrected chi connectivity index (χ1v) is 39.1. The molecule has 92 heavy (non-hydrogen) atoms. The maximum Gasteiger partial charge on any atom is 0.305 e. The van der Waals surface area contributed by atoms with Crippen molar-refractivity contribution in [3.8, 4) is 0 Å². The van der Waals surface area contributed by atoms with Gasteiger partial charge in [-0.1, -0.05) is 286 Å². The van der Waals surface area contributed by atoms with Crippen molar-refractivity contribution in [1.82, 2.24) is 4.90 Å². The predicted molar refractivity (Wildman–Crippen MR) is 378 cm³/mol. The highest BCUT2D eigenvalue weighted by Gasteiger charge is 2.37. The summed E-state index contributed by atoms with van der Waals surface area (Å²) < 4.78 is 36.4. The number of hydrogen-bond acceptors (Lipinski definition) is 14. The molecule has 14 heteroatoms. The maximum atomic E-state index is 13.4. The third kappa shape index (κ3) is 57.0. The molecule has 0 unspecified atom stereocenters. The Morgan fingerprint density at radius 3 is 0.587 bits per heavy atom. The number of ether oxygens (including phenoxy) is 6. The van der Waals surface area contributed by atoms with Crippen LogP contribution in [0.15, 0.2) is 0 Å². The average molecular weight is 1310 g/mol. The van der Waals surface area contributed by atoms with Gasteiger partial charge in [-0.3, -0.25) is 28.8 Å². The Labute approximate surface area is 565 Å². The van der Waals surface area contributed by atoms with E-state index in [0.717, 1.165) is 154 Å². The van der Waals surface area contributed by atoms with E-state index in [-0.39, 0.29) is 82.1 Å². The maximum absolute atomic E-state index is 13.4. The number of unbranched alkanes of at least 4 members (excludes halogenated alkanes) is 38. The van der Waals surface area contributed by atoms with Crippen LogP contribution >= 0.6 is 0 Å². The largest absolute Gasteiger partial charge is 0.465 e. The van der Waals surface area contributed by atoms with Crippen molar-refractivity contribution in [2.45, 2.75) is 388 Å². The molecule has 0 rings (SSSR count). The summed E-state index contributed by atoms with van der Waals surface area (Å²) in [7, 11) is 0. The number of carbonyl (C=O) groups is 6. The van der Waals surface area contributed by atoms with Crippen molar-refractivity contribution in [3.63, 3.8) is 0 Å². The fourth-order valence-corrected chi connectivity index (χ4v) is 12.0. The lowest BCUT2D eigenvalue weighted by atomic mass is 9.84. The van der Waals surface area contributed by atoms with Crippen LogP contribution in [0.3, 0.4) is 0 Å². The third-order valence-electron chi connectivity index (χ3n) is 18.4. The third-order valence-corrected chi connectivity index (χ3v) is 18.4. The fraction of sp³-hybridized carbons (Fsp3) is 0.923. The normalized spacial score (nSPS) is 11.7. The van der Waals surface area contributed by atoms with Gasteiger partial charge in [0.1, 0.15) is 39.6 Å². The van der Waals surface area contributed by atoms with Gasteiger partial charge in [0.05, 0.1) is 17.4 Å². The highest BCUT2D eigenvalue weighted by atomic mass is 16.6. The average Bonchev–Trinajstić information content (AvgIpc) is 1.02. The summed E-state index contributed by atoms with van der Waals surface area (Å²) in [5, 5.41) is 10.4. The minimum absolute atomic E-state index is 0.0306. The lowest BCUT2D eigenvalue weighted by molar-refractivity contribution is -0.165. The van der Waals surface area contributed by atoms with Gasteiger partial charge >= 0.3 is 35.8 Å². The second kappa shape index (κ2) is 66.4. The molecule has 0 aliphatic carbocycles. The number of aliphatic hydroxyl groups is 1. The lowest BCUT2D eigenvalue weighted by Crippen LogP contribution is -2.40. The zero-order valence-electron chi connectivity index (χ0n) is 61.0. The van der Waals surface area contributed by atoms with Crippen LogP contribution in [0.4, 0.5) is 0 Å². The molecule has 0 radical (unpaired) electrons. The van der Waals surface area contributed by atoms with Crippen LogP contribution in [-0.2, 0) is 57.2 Å². The molecule has 0 aliphatic rings. The minimum Gasteiger partial charge on any atom is -0.465 e. The predicted octanol–water partition coefficient (Wildman–Crippen LogP) is 20.7. The smallest absolute Gasteiger partial charge is 0.305 e. The summed E-state index contributed by atoms with van der Waals surface area (Å²) in [5.41, 5.74) is -1.89. The van der Waals surface area contributed by atoms with Gasteiger partial charge in [-0.15, -0.1) is 0 Å². The van der Waals surface area contributed by atoms with Crippen molar-refractivity contribution < 1.29 is 62.3 Å². The molecule has 0 amide bonds. The van der Waals surface area contributed by atoms with Crippen LogP contribution in [0.25, 0.3) is 0 Å². The van der Waals surface area contributed by atoms with Crippen molar-refractivity contribution in [3.05, 3.63) is 0 Å². The van der Waals surface area contributed by atoms with E-state index in [0.29, 0.717) is 96.7 Å². The van der Waals surface area contributed by atoms with Gasteiger partial charge in [0, 0.05) is 45.1 Å². The molecular formula is C78H147NO13. The monoisotopic (exact) mass is 1310 g/mol. The van der Waals surface area contributed by atoms with E-state index < -0.39 is 10.8 Å². The molecular weight excluding hydrogens is 1160 g/mol. The summed E-state index contributed by atoms with van der Waals surface area (Å²) >= 11 is 0. The zero-order chi connectivity index (χ0) is 67.5. The molecule has 0 aromatic rings. The fourth-order valence-electron chi connectivity index (χ4n) is 12.0. The van der Waals surface area contributed by atoms with Gasteiger partial charge in [0.2, 0.25) is 0 Å². The second-order valence-electron chi connectivity index (χ2n) is 27.7. The molecule has 0 saturated heterocycles. The molecule has 0 bridgehead atoms. The first-order chi connectivity index (χ1) is 44.9. The van der Waals surface area contributed by atoms with E-state index in [1.807, 2.05) is 0 Å².